The third-order valence-electron chi connectivity index (χ3n) is 4.53. The van der Waals surface area contributed by atoms with Gasteiger partial charge in [0.15, 0.2) is 5.96 Å². The zero-order valence-electron chi connectivity index (χ0n) is 16.3. The van der Waals surface area contributed by atoms with Crippen molar-refractivity contribution >= 4 is 29.9 Å². The molecule has 2 heterocycles. The standard InChI is InChI=1S/C18H32N4O2.HI/c1-12-13(2)24-15(22-12)11-21-17(19-6)20-10-14-8-7-9-23-16(14)18(3,4)5;/h14,16H,7-11H2,1-6H3,(H2,19,20,21);1H. The van der Waals surface area contributed by atoms with Crippen molar-refractivity contribution < 1.29 is 9.15 Å². The smallest absolute Gasteiger partial charge is 0.214 e. The Bertz CT molecular complexity index is 546. The van der Waals surface area contributed by atoms with Crippen molar-refractivity contribution in [3.8, 4) is 0 Å². The quantitative estimate of drug-likeness (QED) is 0.406. The number of aryl methyl sites for hydroxylation is 2. The molecule has 144 valence electrons. The van der Waals surface area contributed by atoms with Gasteiger partial charge in [-0.05, 0) is 32.1 Å². The van der Waals surface area contributed by atoms with Crippen LogP contribution in [0, 0.1) is 25.2 Å². The molecule has 0 amide bonds. The summed E-state index contributed by atoms with van der Waals surface area (Å²) in [4.78, 5) is 8.67. The lowest BCUT2D eigenvalue weighted by molar-refractivity contribution is -0.0835. The maximum atomic E-state index is 6.04. The molecule has 0 spiro atoms. The van der Waals surface area contributed by atoms with Gasteiger partial charge in [0.25, 0.3) is 0 Å². The Balaban J connectivity index is 0.00000312. The minimum absolute atomic E-state index is 0. The lowest BCUT2D eigenvalue weighted by atomic mass is 9.78. The number of hydrogen-bond donors (Lipinski definition) is 2. The van der Waals surface area contributed by atoms with E-state index in [1.807, 2.05) is 13.8 Å². The first-order valence-corrected chi connectivity index (χ1v) is 8.80. The van der Waals surface area contributed by atoms with E-state index in [0.717, 1.165) is 37.0 Å². The maximum absolute atomic E-state index is 6.04. The zero-order chi connectivity index (χ0) is 17.7. The molecule has 1 aromatic rings. The molecule has 2 N–H and O–H groups in total. The summed E-state index contributed by atoms with van der Waals surface area (Å²) in [6.07, 6.45) is 2.58. The molecule has 0 bridgehead atoms. The molecule has 0 saturated carbocycles. The third-order valence-corrected chi connectivity index (χ3v) is 4.53. The average molecular weight is 464 g/mol. The van der Waals surface area contributed by atoms with E-state index >= 15 is 0 Å². The van der Waals surface area contributed by atoms with Crippen molar-refractivity contribution in [3.05, 3.63) is 17.3 Å². The summed E-state index contributed by atoms with van der Waals surface area (Å²) in [6, 6.07) is 0. The number of nitrogens with one attached hydrogen (secondary N) is 2. The van der Waals surface area contributed by atoms with Crippen LogP contribution in [-0.2, 0) is 11.3 Å². The SMILES string of the molecule is CN=C(NCc1nc(C)c(C)o1)NCC1CCCOC1C(C)(C)C.I. The summed E-state index contributed by atoms with van der Waals surface area (Å²) in [5.41, 5.74) is 1.08. The molecule has 25 heavy (non-hydrogen) atoms. The molecule has 6 nitrogen and oxygen atoms in total. The van der Waals surface area contributed by atoms with Gasteiger partial charge in [-0.3, -0.25) is 4.99 Å². The highest BCUT2D eigenvalue weighted by molar-refractivity contribution is 14.0. The number of oxazole rings is 1. The van der Waals surface area contributed by atoms with E-state index in [2.05, 4.69) is 41.4 Å². The van der Waals surface area contributed by atoms with Crippen molar-refractivity contribution in [2.75, 3.05) is 20.2 Å². The molecule has 2 atom stereocenters. The molecule has 2 unspecified atom stereocenters. The van der Waals surface area contributed by atoms with E-state index in [0.29, 0.717) is 18.4 Å². The molecule has 1 aliphatic heterocycles. The van der Waals surface area contributed by atoms with Crippen LogP contribution in [0.3, 0.4) is 0 Å². The molecule has 2 rings (SSSR count). The van der Waals surface area contributed by atoms with Crippen LogP contribution >= 0.6 is 24.0 Å². The number of nitrogens with zero attached hydrogens (tertiary/aromatic N) is 2. The first-order chi connectivity index (χ1) is 11.3. The number of aliphatic imine (C=N–C) groups is 1. The summed E-state index contributed by atoms with van der Waals surface area (Å²) in [6.45, 7) is 12.9. The van der Waals surface area contributed by atoms with Crippen LogP contribution in [0.4, 0.5) is 0 Å². The predicted octanol–water partition coefficient (Wildman–Crippen LogP) is 3.42. The fraction of sp³-hybridized carbons (Fsp3) is 0.778. The topological polar surface area (TPSA) is 71.7 Å². The number of aromatic nitrogens is 1. The van der Waals surface area contributed by atoms with E-state index in [-0.39, 0.29) is 35.5 Å². The Kier molecular flexibility index (Phi) is 8.67. The van der Waals surface area contributed by atoms with Gasteiger partial charge in [0.2, 0.25) is 5.89 Å². The summed E-state index contributed by atoms with van der Waals surface area (Å²) >= 11 is 0. The monoisotopic (exact) mass is 464 g/mol. The van der Waals surface area contributed by atoms with Crippen LogP contribution in [0.15, 0.2) is 9.41 Å². The van der Waals surface area contributed by atoms with Crippen LogP contribution in [-0.4, -0.2) is 37.2 Å². The second kappa shape index (κ2) is 9.75. The number of halogens is 1. The lowest BCUT2D eigenvalue weighted by Crippen LogP contribution is -2.47. The minimum Gasteiger partial charge on any atom is -0.444 e. The largest absolute Gasteiger partial charge is 0.444 e. The van der Waals surface area contributed by atoms with E-state index in [4.69, 9.17) is 9.15 Å². The summed E-state index contributed by atoms with van der Waals surface area (Å²) in [5, 5.41) is 6.68. The average Bonchev–Trinajstić information content (AvgIpc) is 2.85. The lowest BCUT2D eigenvalue weighted by Gasteiger charge is -2.40. The second-order valence-electron chi connectivity index (χ2n) is 7.62. The van der Waals surface area contributed by atoms with Gasteiger partial charge in [-0.2, -0.15) is 0 Å². The highest BCUT2D eigenvalue weighted by Crippen LogP contribution is 2.33. The van der Waals surface area contributed by atoms with Gasteiger partial charge >= 0.3 is 0 Å². The Morgan fingerprint density at radius 2 is 2.00 bits per heavy atom. The molecule has 1 saturated heterocycles. The zero-order valence-corrected chi connectivity index (χ0v) is 18.6. The van der Waals surface area contributed by atoms with Crippen LogP contribution in [0.25, 0.3) is 0 Å². The number of rotatable bonds is 4. The first kappa shape index (κ1) is 22.2. The molecular formula is C18H33IN4O2. The fourth-order valence-corrected chi connectivity index (χ4v) is 3.23. The molecule has 0 aromatic carbocycles. The van der Waals surface area contributed by atoms with Crippen molar-refractivity contribution in [1.82, 2.24) is 15.6 Å². The maximum Gasteiger partial charge on any atom is 0.214 e. The van der Waals surface area contributed by atoms with Crippen LogP contribution < -0.4 is 10.6 Å². The molecule has 1 aliphatic rings. The highest BCUT2D eigenvalue weighted by atomic mass is 127. The minimum atomic E-state index is 0. The van der Waals surface area contributed by atoms with Gasteiger partial charge in [-0.25, -0.2) is 4.98 Å². The summed E-state index contributed by atoms with van der Waals surface area (Å²) in [7, 11) is 1.78. The van der Waals surface area contributed by atoms with Crippen molar-refractivity contribution in [2.45, 2.75) is 60.1 Å². The van der Waals surface area contributed by atoms with Crippen molar-refractivity contribution in [3.63, 3.8) is 0 Å². The van der Waals surface area contributed by atoms with Gasteiger partial charge in [-0.15, -0.1) is 24.0 Å². The van der Waals surface area contributed by atoms with E-state index < -0.39 is 0 Å². The fourth-order valence-electron chi connectivity index (χ4n) is 3.23. The van der Waals surface area contributed by atoms with Crippen molar-refractivity contribution in [2.24, 2.45) is 16.3 Å². The van der Waals surface area contributed by atoms with Crippen LogP contribution in [0.5, 0.6) is 0 Å². The summed E-state index contributed by atoms with van der Waals surface area (Å²) < 4.78 is 11.6. The number of ether oxygens (including phenoxy) is 1. The normalized spacial score (nSPS) is 21.6. The van der Waals surface area contributed by atoms with E-state index in [1.165, 1.54) is 6.42 Å². The first-order valence-electron chi connectivity index (χ1n) is 8.80. The molecule has 1 aromatic heterocycles. The Labute approximate surface area is 168 Å². The van der Waals surface area contributed by atoms with E-state index in [1.54, 1.807) is 7.05 Å². The van der Waals surface area contributed by atoms with Crippen LogP contribution in [0.1, 0.15) is 51.0 Å². The van der Waals surface area contributed by atoms with Gasteiger partial charge in [0.05, 0.1) is 18.3 Å². The predicted molar refractivity (Wildman–Crippen MR) is 112 cm³/mol. The van der Waals surface area contributed by atoms with Gasteiger partial charge < -0.3 is 19.8 Å². The molecule has 0 aliphatic carbocycles. The molecule has 0 radical (unpaired) electrons. The van der Waals surface area contributed by atoms with Crippen LogP contribution in [0.2, 0.25) is 0 Å². The second-order valence-corrected chi connectivity index (χ2v) is 7.62. The van der Waals surface area contributed by atoms with Gasteiger partial charge in [-0.1, -0.05) is 20.8 Å². The molecule has 7 heteroatoms. The Morgan fingerprint density at radius 1 is 1.28 bits per heavy atom. The van der Waals surface area contributed by atoms with Gasteiger partial charge in [0, 0.05) is 26.1 Å². The summed E-state index contributed by atoms with van der Waals surface area (Å²) in [5.74, 6) is 2.80. The van der Waals surface area contributed by atoms with Gasteiger partial charge in [0.1, 0.15) is 5.76 Å². The number of guanidine groups is 1. The number of hydrogen-bond acceptors (Lipinski definition) is 4. The molecule has 1 fully saturated rings. The highest BCUT2D eigenvalue weighted by Gasteiger charge is 2.35. The van der Waals surface area contributed by atoms with Crippen molar-refractivity contribution in [1.29, 1.82) is 0 Å². The Hall–Kier alpha value is -0.830. The third kappa shape index (κ3) is 6.44. The molecular weight excluding hydrogens is 431 g/mol. The van der Waals surface area contributed by atoms with E-state index in [9.17, 15) is 0 Å². The Morgan fingerprint density at radius 3 is 2.56 bits per heavy atom.